The summed E-state index contributed by atoms with van der Waals surface area (Å²) in [5.41, 5.74) is -0.691. The van der Waals surface area contributed by atoms with Crippen LogP contribution in [0.4, 0.5) is 8.78 Å². The van der Waals surface area contributed by atoms with E-state index in [-0.39, 0.29) is 21.4 Å². The Bertz CT molecular complexity index is 575. The van der Waals surface area contributed by atoms with Gasteiger partial charge in [-0.2, -0.15) is 5.10 Å². The fourth-order valence-electron chi connectivity index (χ4n) is 1.35. The molecule has 0 saturated heterocycles. The highest BCUT2D eigenvalue weighted by molar-refractivity contribution is 9.10. The molecule has 2 aromatic rings. The zero-order chi connectivity index (χ0) is 12.6. The number of aromatic nitrogens is 2. The first kappa shape index (κ1) is 11.7. The second-order valence-electron chi connectivity index (χ2n) is 3.22. The van der Waals surface area contributed by atoms with Gasteiger partial charge in [0.05, 0.1) is 11.3 Å². The van der Waals surface area contributed by atoms with Crippen molar-refractivity contribution in [3.05, 3.63) is 40.0 Å². The molecule has 0 atom stereocenters. The van der Waals surface area contributed by atoms with E-state index in [1.54, 1.807) is 0 Å². The second-order valence-corrected chi connectivity index (χ2v) is 4.13. The molecule has 4 nitrogen and oxygen atoms in total. The Balaban J connectivity index is 2.56. The van der Waals surface area contributed by atoms with Crippen molar-refractivity contribution in [2.24, 2.45) is 0 Å². The molecule has 1 aromatic carbocycles. The number of carboxylic acid groups (broad SMARTS) is 1. The van der Waals surface area contributed by atoms with Gasteiger partial charge in [0.25, 0.3) is 0 Å². The lowest BCUT2D eigenvalue weighted by Gasteiger charge is -2.01. The Hall–Kier alpha value is -1.76. The van der Waals surface area contributed by atoms with Crippen molar-refractivity contribution in [2.45, 2.75) is 0 Å². The SMILES string of the molecule is O=C(O)c1cc(-c2c(F)cc(Br)cc2F)n[nH]1. The van der Waals surface area contributed by atoms with Crippen molar-refractivity contribution in [3.63, 3.8) is 0 Å². The molecule has 2 rings (SSSR count). The Morgan fingerprint density at radius 3 is 2.35 bits per heavy atom. The molecule has 0 aliphatic carbocycles. The number of nitrogens with zero attached hydrogens (tertiary/aromatic N) is 1. The maximum Gasteiger partial charge on any atom is 0.353 e. The molecule has 2 N–H and O–H groups in total. The Morgan fingerprint density at radius 2 is 1.88 bits per heavy atom. The Kier molecular flexibility index (Phi) is 2.93. The summed E-state index contributed by atoms with van der Waals surface area (Å²) in [5.74, 6) is -2.89. The van der Waals surface area contributed by atoms with Crippen molar-refractivity contribution >= 4 is 21.9 Å². The molecule has 1 aromatic heterocycles. The van der Waals surface area contributed by atoms with E-state index in [1.807, 2.05) is 0 Å². The third kappa shape index (κ3) is 2.19. The smallest absolute Gasteiger partial charge is 0.353 e. The lowest BCUT2D eigenvalue weighted by molar-refractivity contribution is 0.0690. The number of nitrogens with one attached hydrogen (secondary N) is 1. The predicted octanol–water partition coefficient (Wildman–Crippen LogP) is 2.82. The number of hydrogen-bond donors (Lipinski definition) is 2. The molecule has 17 heavy (non-hydrogen) atoms. The minimum Gasteiger partial charge on any atom is -0.477 e. The number of rotatable bonds is 2. The van der Waals surface area contributed by atoms with Crippen molar-refractivity contribution in [1.29, 1.82) is 0 Å². The van der Waals surface area contributed by atoms with Gasteiger partial charge in [0, 0.05) is 4.47 Å². The minimum atomic E-state index is -1.25. The van der Waals surface area contributed by atoms with Crippen LogP contribution >= 0.6 is 15.9 Å². The summed E-state index contributed by atoms with van der Waals surface area (Å²) in [6.45, 7) is 0. The van der Waals surface area contributed by atoms with Gasteiger partial charge in [-0.05, 0) is 18.2 Å². The van der Waals surface area contributed by atoms with Gasteiger partial charge in [-0.15, -0.1) is 0 Å². The molecule has 0 spiro atoms. The van der Waals surface area contributed by atoms with E-state index < -0.39 is 17.6 Å². The Labute approximate surface area is 102 Å². The summed E-state index contributed by atoms with van der Waals surface area (Å²) in [6, 6.07) is 3.22. The van der Waals surface area contributed by atoms with E-state index >= 15 is 0 Å². The first-order chi connectivity index (χ1) is 7.99. The number of aromatic amines is 1. The fraction of sp³-hybridized carbons (Fsp3) is 0. The number of halogens is 3. The third-order valence-electron chi connectivity index (χ3n) is 2.07. The fourth-order valence-corrected chi connectivity index (χ4v) is 1.75. The predicted molar refractivity (Wildman–Crippen MR) is 58.6 cm³/mol. The van der Waals surface area contributed by atoms with Crippen LogP contribution in [0.1, 0.15) is 10.5 Å². The zero-order valence-corrected chi connectivity index (χ0v) is 9.75. The number of H-pyrrole nitrogens is 1. The van der Waals surface area contributed by atoms with Gasteiger partial charge in [-0.25, -0.2) is 13.6 Å². The van der Waals surface area contributed by atoms with Crippen molar-refractivity contribution in [1.82, 2.24) is 10.2 Å². The molecule has 0 fully saturated rings. The highest BCUT2D eigenvalue weighted by Gasteiger charge is 2.17. The quantitative estimate of drug-likeness (QED) is 0.896. The molecule has 0 amide bonds. The van der Waals surface area contributed by atoms with Gasteiger partial charge in [-0.3, -0.25) is 5.10 Å². The Morgan fingerprint density at radius 1 is 1.29 bits per heavy atom. The van der Waals surface area contributed by atoms with E-state index in [4.69, 9.17) is 5.11 Å². The molecule has 7 heteroatoms. The van der Waals surface area contributed by atoms with Crippen LogP contribution in [-0.4, -0.2) is 21.3 Å². The van der Waals surface area contributed by atoms with Crippen LogP contribution in [0.5, 0.6) is 0 Å². The third-order valence-corrected chi connectivity index (χ3v) is 2.53. The number of benzene rings is 1. The number of aromatic carboxylic acids is 1. The lowest BCUT2D eigenvalue weighted by atomic mass is 10.1. The lowest BCUT2D eigenvalue weighted by Crippen LogP contribution is -1.95. The topological polar surface area (TPSA) is 66.0 Å². The molecule has 0 unspecified atom stereocenters. The molecule has 0 radical (unpaired) electrons. The van der Waals surface area contributed by atoms with Crippen molar-refractivity contribution in [2.75, 3.05) is 0 Å². The van der Waals surface area contributed by atoms with Gasteiger partial charge in [0.2, 0.25) is 0 Å². The molecule has 88 valence electrons. The number of hydrogen-bond acceptors (Lipinski definition) is 2. The first-order valence-corrected chi connectivity index (χ1v) is 5.22. The van der Waals surface area contributed by atoms with E-state index in [0.717, 1.165) is 18.2 Å². The van der Waals surface area contributed by atoms with Gasteiger partial charge >= 0.3 is 5.97 Å². The molecule has 0 aliphatic rings. The van der Waals surface area contributed by atoms with Crippen molar-refractivity contribution in [3.8, 4) is 11.3 Å². The van der Waals surface area contributed by atoms with Crippen LogP contribution in [0.15, 0.2) is 22.7 Å². The van der Waals surface area contributed by atoms with Gasteiger partial charge in [0.1, 0.15) is 17.3 Å². The largest absolute Gasteiger partial charge is 0.477 e. The van der Waals surface area contributed by atoms with E-state index in [2.05, 4.69) is 26.1 Å². The van der Waals surface area contributed by atoms with Gasteiger partial charge < -0.3 is 5.11 Å². The second kappa shape index (κ2) is 4.25. The minimum absolute atomic E-state index is 0.0927. The summed E-state index contributed by atoms with van der Waals surface area (Å²) >= 11 is 2.95. The van der Waals surface area contributed by atoms with E-state index in [0.29, 0.717) is 0 Å². The summed E-state index contributed by atoms with van der Waals surface area (Å²) < 4.78 is 27.3. The maximum absolute atomic E-state index is 13.5. The zero-order valence-electron chi connectivity index (χ0n) is 8.17. The molecule has 0 aliphatic heterocycles. The van der Waals surface area contributed by atoms with Gasteiger partial charge in [-0.1, -0.05) is 15.9 Å². The van der Waals surface area contributed by atoms with Crippen LogP contribution in [0.25, 0.3) is 11.3 Å². The first-order valence-electron chi connectivity index (χ1n) is 4.42. The van der Waals surface area contributed by atoms with E-state index in [1.165, 1.54) is 0 Å². The number of carboxylic acids is 1. The monoisotopic (exact) mass is 302 g/mol. The summed E-state index contributed by atoms with van der Waals surface area (Å²) in [7, 11) is 0. The molecule has 0 bridgehead atoms. The normalized spacial score (nSPS) is 10.5. The average Bonchev–Trinajstić information content (AvgIpc) is 2.65. The van der Waals surface area contributed by atoms with Gasteiger partial charge in [0.15, 0.2) is 0 Å². The average molecular weight is 303 g/mol. The molecule has 0 saturated carbocycles. The van der Waals surface area contributed by atoms with Crippen LogP contribution in [-0.2, 0) is 0 Å². The molecular weight excluding hydrogens is 298 g/mol. The highest BCUT2D eigenvalue weighted by atomic mass is 79.9. The van der Waals surface area contributed by atoms with Crippen LogP contribution < -0.4 is 0 Å². The standard InChI is InChI=1S/C10H5BrF2N2O2/c11-4-1-5(12)9(6(13)2-4)7-3-8(10(16)17)15-14-7/h1-3H,(H,14,15)(H,16,17). The van der Waals surface area contributed by atoms with Crippen molar-refractivity contribution < 1.29 is 18.7 Å². The molecule has 1 heterocycles. The summed E-state index contributed by atoms with van der Waals surface area (Å²) in [5, 5.41) is 14.4. The highest BCUT2D eigenvalue weighted by Crippen LogP contribution is 2.27. The van der Waals surface area contributed by atoms with Crippen LogP contribution in [0.2, 0.25) is 0 Å². The number of carbonyl (C=O) groups is 1. The summed E-state index contributed by atoms with van der Waals surface area (Å²) in [4.78, 5) is 10.6. The molecular formula is C10H5BrF2N2O2. The maximum atomic E-state index is 13.5. The van der Waals surface area contributed by atoms with Crippen LogP contribution in [0.3, 0.4) is 0 Å². The van der Waals surface area contributed by atoms with Crippen LogP contribution in [0, 0.1) is 11.6 Å². The summed E-state index contributed by atoms with van der Waals surface area (Å²) in [6.07, 6.45) is 0. The van der Waals surface area contributed by atoms with E-state index in [9.17, 15) is 13.6 Å².